The normalized spacial score (nSPS) is 27.2. The Labute approximate surface area is 83.1 Å². The molecule has 2 atom stereocenters. The van der Waals surface area contributed by atoms with E-state index in [9.17, 15) is 0 Å². The molecule has 1 aromatic heterocycles. The summed E-state index contributed by atoms with van der Waals surface area (Å²) in [4.78, 5) is 1.36. The third kappa shape index (κ3) is 1.64. The van der Waals surface area contributed by atoms with Crippen LogP contribution in [0.25, 0.3) is 0 Å². The van der Waals surface area contributed by atoms with Crippen molar-refractivity contribution in [2.45, 2.75) is 26.3 Å². The molecule has 3 heteroatoms. The molecule has 0 amide bonds. The highest BCUT2D eigenvalue weighted by Gasteiger charge is 2.50. The first-order valence-electron chi connectivity index (χ1n) is 4.65. The van der Waals surface area contributed by atoms with Gasteiger partial charge in [-0.15, -0.1) is 11.3 Å². The van der Waals surface area contributed by atoms with Crippen molar-refractivity contribution < 1.29 is 0 Å². The van der Waals surface area contributed by atoms with Crippen LogP contribution in [0.3, 0.4) is 0 Å². The molecule has 0 aromatic carbocycles. The summed E-state index contributed by atoms with van der Waals surface area (Å²) >= 11 is 1.78. The number of nitrogens with two attached hydrogens (primary N) is 1. The molecule has 2 nitrogen and oxygen atoms in total. The van der Waals surface area contributed by atoms with Gasteiger partial charge in [-0.3, -0.25) is 11.3 Å². The standard InChI is InChI=1S/C10H16N2S/c1-10(2)6-7(10)9(12-11)8-4-3-5-13-8/h3-5,7,9,12H,6,11H2,1-2H3. The first-order chi connectivity index (χ1) is 6.15. The molecule has 1 fully saturated rings. The molecule has 1 aliphatic carbocycles. The van der Waals surface area contributed by atoms with Crippen molar-refractivity contribution in [3.05, 3.63) is 22.4 Å². The highest BCUT2D eigenvalue weighted by atomic mass is 32.1. The lowest BCUT2D eigenvalue weighted by molar-refractivity contribution is 0.428. The topological polar surface area (TPSA) is 38.0 Å². The molecule has 1 saturated carbocycles. The van der Waals surface area contributed by atoms with Gasteiger partial charge in [-0.2, -0.15) is 0 Å². The number of thiophene rings is 1. The Morgan fingerprint density at radius 2 is 2.38 bits per heavy atom. The third-order valence-corrected chi connectivity index (χ3v) is 3.98. The molecule has 3 N–H and O–H groups in total. The minimum absolute atomic E-state index is 0.356. The van der Waals surface area contributed by atoms with E-state index in [2.05, 4.69) is 36.8 Å². The summed E-state index contributed by atoms with van der Waals surface area (Å²) in [6.07, 6.45) is 1.28. The second kappa shape index (κ2) is 3.08. The summed E-state index contributed by atoms with van der Waals surface area (Å²) in [6, 6.07) is 4.60. The number of rotatable bonds is 3. The fourth-order valence-electron chi connectivity index (χ4n) is 1.94. The molecule has 2 unspecified atom stereocenters. The zero-order chi connectivity index (χ0) is 9.47. The van der Waals surface area contributed by atoms with E-state index in [-0.39, 0.29) is 0 Å². The van der Waals surface area contributed by atoms with Crippen molar-refractivity contribution in [3.63, 3.8) is 0 Å². The predicted molar refractivity (Wildman–Crippen MR) is 56.3 cm³/mol. The zero-order valence-corrected chi connectivity index (χ0v) is 8.90. The van der Waals surface area contributed by atoms with Crippen molar-refractivity contribution in [3.8, 4) is 0 Å². The minimum Gasteiger partial charge on any atom is -0.271 e. The molecule has 0 aliphatic heterocycles. The molecule has 1 aliphatic rings. The van der Waals surface area contributed by atoms with Gasteiger partial charge in [0.1, 0.15) is 0 Å². The van der Waals surface area contributed by atoms with Crippen LogP contribution in [-0.4, -0.2) is 0 Å². The molecule has 72 valence electrons. The van der Waals surface area contributed by atoms with Gasteiger partial charge in [0.15, 0.2) is 0 Å². The number of hydrazine groups is 1. The van der Waals surface area contributed by atoms with E-state index in [0.29, 0.717) is 17.4 Å². The van der Waals surface area contributed by atoms with E-state index in [4.69, 9.17) is 5.84 Å². The molecule has 1 heterocycles. The Bertz CT molecular complexity index is 279. The van der Waals surface area contributed by atoms with Crippen molar-refractivity contribution in [2.24, 2.45) is 17.2 Å². The van der Waals surface area contributed by atoms with Crippen LogP contribution in [-0.2, 0) is 0 Å². The van der Waals surface area contributed by atoms with E-state index in [1.165, 1.54) is 11.3 Å². The SMILES string of the molecule is CC1(C)CC1C(NN)c1cccs1. The average Bonchev–Trinajstić information content (AvgIpc) is 2.55. The summed E-state index contributed by atoms with van der Waals surface area (Å²) in [5, 5.41) is 2.11. The molecular formula is C10H16N2S. The Hall–Kier alpha value is -0.380. The maximum Gasteiger partial charge on any atom is 0.0586 e. The molecule has 0 radical (unpaired) electrons. The van der Waals surface area contributed by atoms with Crippen LogP contribution in [0.5, 0.6) is 0 Å². The number of hydrogen-bond donors (Lipinski definition) is 2. The summed E-state index contributed by atoms with van der Waals surface area (Å²) < 4.78 is 0. The van der Waals surface area contributed by atoms with Gasteiger partial charge in [0, 0.05) is 4.88 Å². The summed E-state index contributed by atoms with van der Waals surface area (Å²) in [6.45, 7) is 4.60. The van der Waals surface area contributed by atoms with E-state index in [1.807, 2.05) is 0 Å². The van der Waals surface area contributed by atoms with Crippen LogP contribution in [0.1, 0.15) is 31.2 Å². The fourth-order valence-corrected chi connectivity index (χ4v) is 2.79. The molecule has 0 spiro atoms. The lowest BCUT2D eigenvalue weighted by atomic mass is 10.0. The number of hydrogen-bond acceptors (Lipinski definition) is 3. The zero-order valence-electron chi connectivity index (χ0n) is 8.08. The van der Waals surface area contributed by atoms with Crippen molar-refractivity contribution >= 4 is 11.3 Å². The van der Waals surface area contributed by atoms with Gasteiger partial charge in [-0.1, -0.05) is 19.9 Å². The highest BCUT2D eigenvalue weighted by molar-refractivity contribution is 7.10. The molecule has 0 saturated heterocycles. The molecule has 13 heavy (non-hydrogen) atoms. The monoisotopic (exact) mass is 196 g/mol. The van der Waals surface area contributed by atoms with Crippen LogP contribution >= 0.6 is 11.3 Å². The minimum atomic E-state index is 0.356. The quantitative estimate of drug-likeness (QED) is 0.575. The predicted octanol–water partition coefficient (Wildman–Crippen LogP) is 2.30. The molecular weight excluding hydrogens is 180 g/mol. The van der Waals surface area contributed by atoms with Crippen LogP contribution < -0.4 is 11.3 Å². The van der Waals surface area contributed by atoms with Crippen molar-refractivity contribution in [2.75, 3.05) is 0 Å². The van der Waals surface area contributed by atoms with E-state index < -0.39 is 0 Å². The Kier molecular flexibility index (Phi) is 2.18. The maximum atomic E-state index is 5.58. The van der Waals surface area contributed by atoms with E-state index >= 15 is 0 Å². The van der Waals surface area contributed by atoms with Crippen LogP contribution in [0.4, 0.5) is 0 Å². The molecule has 1 aromatic rings. The average molecular weight is 196 g/mol. The Balaban J connectivity index is 2.12. The first kappa shape index (κ1) is 9.19. The van der Waals surface area contributed by atoms with Gasteiger partial charge in [0.2, 0.25) is 0 Å². The first-order valence-corrected chi connectivity index (χ1v) is 5.52. The third-order valence-electron chi connectivity index (χ3n) is 3.02. The highest BCUT2D eigenvalue weighted by Crippen LogP contribution is 2.57. The largest absolute Gasteiger partial charge is 0.271 e. The maximum absolute atomic E-state index is 5.58. The van der Waals surface area contributed by atoms with Crippen molar-refractivity contribution in [1.82, 2.24) is 5.43 Å². The summed E-state index contributed by atoms with van der Waals surface area (Å²) in [7, 11) is 0. The lowest BCUT2D eigenvalue weighted by Gasteiger charge is -2.15. The van der Waals surface area contributed by atoms with Gasteiger partial charge in [0.25, 0.3) is 0 Å². The number of nitrogens with one attached hydrogen (secondary N) is 1. The second-order valence-electron chi connectivity index (χ2n) is 4.46. The Morgan fingerprint density at radius 3 is 2.77 bits per heavy atom. The van der Waals surface area contributed by atoms with E-state index in [1.54, 1.807) is 11.3 Å². The molecule has 2 rings (SSSR count). The Morgan fingerprint density at radius 1 is 1.69 bits per heavy atom. The molecule has 0 bridgehead atoms. The van der Waals surface area contributed by atoms with Crippen LogP contribution in [0.2, 0.25) is 0 Å². The van der Waals surface area contributed by atoms with E-state index in [0.717, 1.165) is 0 Å². The van der Waals surface area contributed by atoms with Gasteiger partial charge in [0.05, 0.1) is 6.04 Å². The van der Waals surface area contributed by atoms with Gasteiger partial charge >= 0.3 is 0 Å². The summed E-state index contributed by atoms with van der Waals surface area (Å²) in [5.41, 5.74) is 3.41. The fraction of sp³-hybridized carbons (Fsp3) is 0.600. The lowest BCUT2D eigenvalue weighted by Crippen LogP contribution is -2.30. The van der Waals surface area contributed by atoms with Crippen LogP contribution in [0.15, 0.2) is 17.5 Å². The van der Waals surface area contributed by atoms with Crippen molar-refractivity contribution in [1.29, 1.82) is 0 Å². The summed E-state index contributed by atoms with van der Waals surface area (Å²) in [5.74, 6) is 6.29. The second-order valence-corrected chi connectivity index (χ2v) is 5.44. The van der Waals surface area contributed by atoms with Gasteiger partial charge < -0.3 is 0 Å². The smallest absolute Gasteiger partial charge is 0.0586 e. The van der Waals surface area contributed by atoms with Crippen LogP contribution in [0, 0.1) is 11.3 Å². The van der Waals surface area contributed by atoms with Gasteiger partial charge in [-0.05, 0) is 29.2 Å². The van der Waals surface area contributed by atoms with Gasteiger partial charge in [-0.25, -0.2) is 0 Å².